The van der Waals surface area contributed by atoms with Gasteiger partial charge in [0.05, 0.1) is 43.4 Å². The smallest absolute Gasteiger partial charge is 0.407 e. The van der Waals surface area contributed by atoms with Crippen LogP contribution >= 0.6 is 11.6 Å². The van der Waals surface area contributed by atoms with E-state index in [9.17, 15) is 28.0 Å². The Balaban J connectivity index is 1.08. The van der Waals surface area contributed by atoms with E-state index in [-0.39, 0.29) is 47.4 Å². The molecule has 0 radical (unpaired) electrons. The highest BCUT2D eigenvalue weighted by Crippen LogP contribution is 2.34. The number of nitrogens with one attached hydrogen (secondary N) is 3. The van der Waals surface area contributed by atoms with Crippen molar-refractivity contribution in [2.75, 3.05) is 89.0 Å². The standard InChI is InChI=1S/C55H72ClF2N7O9/c1-9-40-35-64(51(67)42-17-16-37(56)32-44(42)49(57)58)25-26-65(40)46-19-18-45(43-14-11-12-15-47(43)71-10-2)62-48(46)50(66)61-38-20-24-63(34-38)23-13-27-72-41-31-36(52(68)73-54(3,4)5)30-39(33-41)59-21-28-70-29-22-60-53(69)74-55(6,7)8/h11-12,14-19,30-33,38,40,49,59H,9-10,13,20-29,34-35H2,1-8H3,(H,60,69)(H,61,66)/t38-,40-/m1/s1. The predicted octanol–water partition coefficient (Wildman–Crippen LogP) is 9.66. The topological polar surface area (TPSA) is 173 Å². The van der Waals surface area contributed by atoms with Crippen LogP contribution < -0.4 is 30.3 Å². The van der Waals surface area contributed by atoms with Gasteiger partial charge in [-0.15, -0.1) is 0 Å². The number of alkyl halides is 2. The van der Waals surface area contributed by atoms with Gasteiger partial charge in [-0.25, -0.2) is 23.4 Å². The molecule has 16 nitrogen and oxygen atoms in total. The van der Waals surface area contributed by atoms with Crippen LogP contribution in [-0.2, 0) is 14.2 Å². The highest BCUT2D eigenvalue weighted by atomic mass is 35.5. The highest BCUT2D eigenvalue weighted by Gasteiger charge is 2.35. The van der Waals surface area contributed by atoms with Crippen molar-refractivity contribution in [2.24, 2.45) is 0 Å². The molecule has 0 bridgehead atoms. The number of benzene rings is 3. The Morgan fingerprint density at radius 1 is 0.838 bits per heavy atom. The zero-order valence-corrected chi connectivity index (χ0v) is 44.6. The van der Waals surface area contributed by atoms with Crippen molar-refractivity contribution in [3.63, 3.8) is 0 Å². The number of alkyl carbamates (subject to hydrolysis) is 1. The molecule has 0 spiro atoms. The van der Waals surface area contributed by atoms with Gasteiger partial charge in [-0.1, -0.05) is 30.7 Å². The van der Waals surface area contributed by atoms with E-state index in [1.165, 1.54) is 12.1 Å². The van der Waals surface area contributed by atoms with Gasteiger partial charge in [0.25, 0.3) is 18.2 Å². The molecule has 3 aromatic carbocycles. The van der Waals surface area contributed by atoms with E-state index < -0.39 is 41.2 Å². The molecule has 2 aliphatic heterocycles. The first-order chi connectivity index (χ1) is 35.2. The second-order valence-corrected chi connectivity index (χ2v) is 20.6. The molecule has 3 amide bonds. The number of pyridine rings is 1. The first kappa shape index (κ1) is 57.0. The molecular formula is C55H72ClF2N7O9. The molecule has 2 saturated heterocycles. The van der Waals surface area contributed by atoms with Crippen molar-refractivity contribution in [3.8, 4) is 22.8 Å². The molecule has 2 fully saturated rings. The van der Waals surface area contributed by atoms with Crippen LogP contribution in [0.1, 0.15) is 118 Å². The van der Waals surface area contributed by atoms with E-state index in [1.54, 1.807) is 37.8 Å². The second-order valence-electron chi connectivity index (χ2n) is 20.2. The summed E-state index contributed by atoms with van der Waals surface area (Å²) in [6, 6.07) is 20.0. The van der Waals surface area contributed by atoms with Crippen LogP contribution in [0.2, 0.25) is 5.02 Å². The number of para-hydroxylation sites is 1. The van der Waals surface area contributed by atoms with Crippen molar-refractivity contribution in [1.82, 2.24) is 25.4 Å². The predicted molar refractivity (Wildman–Crippen MR) is 282 cm³/mol. The Hall–Kier alpha value is -6.24. The first-order valence-corrected chi connectivity index (χ1v) is 25.8. The number of esters is 1. The van der Waals surface area contributed by atoms with Crippen LogP contribution in [0, 0.1) is 0 Å². The van der Waals surface area contributed by atoms with Crippen molar-refractivity contribution in [1.29, 1.82) is 0 Å². The number of likely N-dealkylation sites (tertiary alicyclic amines) is 1. The fourth-order valence-corrected chi connectivity index (χ4v) is 8.96. The molecule has 74 heavy (non-hydrogen) atoms. The fraction of sp³-hybridized carbons (Fsp3) is 0.509. The van der Waals surface area contributed by atoms with Gasteiger partial charge in [-0.2, -0.15) is 0 Å². The van der Waals surface area contributed by atoms with Gasteiger partial charge in [0, 0.05) is 97.9 Å². The largest absolute Gasteiger partial charge is 0.493 e. The molecule has 6 rings (SSSR count). The number of ether oxygens (including phenoxy) is 5. The molecule has 2 atom stereocenters. The number of piperazine rings is 1. The molecule has 0 saturated carbocycles. The summed E-state index contributed by atoms with van der Waals surface area (Å²) in [5.41, 5.74) is 1.37. The summed E-state index contributed by atoms with van der Waals surface area (Å²) in [5.74, 6) is -0.174. The molecular weight excluding hydrogens is 976 g/mol. The number of hydrogen-bond acceptors (Lipinski definition) is 13. The summed E-state index contributed by atoms with van der Waals surface area (Å²) in [7, 11) is 0. The third-order valence-electron chi connectivity index (χ3n) is 12.1. The van der Waals surface area contributed by atoms with E-state index in [4.69, 9.17) is 40.3 Å². The Morgan fingerprint density at radius 2 is 1.59 bits per heavy atom. The molecule has 19 heteroatoms. The fourth-order valence-electron chi connectivity index (χ4n) is 8.78. The minimum Gasteiger partial charge on any atom is -0.493 e. The van der Waals surface area contributed by atoms with E-state index in [2.05, 4.69) is 25.8 Å². The number of amides is 3. The molecule has 3 N–H and O–H groups in total. The SMILES string of the molecule is CCOc1ccccc1-c1ccc(N2CCN(C(=O)c3ccc(Cl)cc3C(F)F)C[C@H]2CC)c(C(=O)N[C@@H]2CCN(CCCOc3cc(NCCOCCNC(=O)OC(C)(C)C)cc(C(=O)OC(C)(C)C)c3)C2)n1. The number of nitrogens with zero attached hydrogens (tertiary/aromatic N) is 4. The van der Waals surface area contributed by atoms with E-state index in [0.29, 0.717) is 106 Å². The maximum atomic E-state index is 14.5. The van der Waals surface area contributed by atoms with Gasteiger partial charge in [0.1, 0.15) is 22.7 Å². The Morgan fingerprint density at radius 3 is 2.32 bits per heavy atom. The van der Waals surface area contributed by atoms with Crippen LogP contribution in [0.25, 0.3) is 11.3 Å². The lowest BCUT2D eigenvalue weighted by Gasteiger charge is -2.43. The minimum absolute atomic E-state index is 0.0828. The maximum absolute atomic E-state index is 14.5. The summed E-state index contributed by atoms with van der Waals surface area (Å²) >= 11 is 6.03. The Bertz CT molecular complexity index is 2560. The number of halogens is 3. The van der Waals surface area contributed by atoms with Gasteiger partial charge in [0.2, 0.25) is 0 Å². The molecule has 2 aliphatic rings. The normalized spacial score (nSPS) is 16.2. The Labute approximate surface area is 438 Å². The monoisotopic (exact) mass is 1050 g/mol. The average molecular weight is 1050 g/mol. The van der Waals surface area contributed by atoms with Gasteiger partial charge in [-0.05, 0) is 122 Å². The van der Waals surface area contributed by atoms with Gasteiger partial charge in [0.15, 0.2) is 5.69 Å². The quantitative estimate of drug-likeness (QED) is 0.0502. The van der Waals surface area contributed by atoms with Crippen LogP contribution in [0.15, 0.2) is 72.8 Å². The number of carbonyl (C=O) groups excluding carboxylic acids is 4. The van der Waals surface area contributed by atoms with Crippen molar-refractivity contribution >= 4 is 46.9 Å². The molecule has 1 aromatic heterocycles. The van der Waals surface area contributed by atoms with Crippen LogP contribution in [0.5, 0.6) is 11.5 Å². The third kappa shape index (κ3) is 16.6. The number of rotatable bonds is 22. The average Bonchev–Trinajstić information content (AvgIpc) is 3.80. The lowest BCUT2D eigenvalue weighted by atomic mass is 10.0. The van der Waals surface area contributed by atoms with Crippen molar-refractivity contribution in [3.05, 3.63) is 100 Å². The summed E-state index contributed by atoms with van der Waals surface area (Å²) < 4.78 is 56.8. The lowest BCUT2D eigenvalue weighted by Crippen LogP contribution is -2.55. The Kier molecular flexibility index (Phi) is 20.3. The van der Waals surface area contributed by atoms with E-state index in [0.717, 1.165) is 24.6 Å². The van der Waals surface area contributed by atoms with Gasteiger partial charge >= 0.3 is 12.1 Å². The first-order valence-electron chi connectivity index (χ1n) is 25.4. The second kappa shape index (κ2) is 26.3. The highest BCUT2D eigenvalue weighted by molar-refractivity contribution is 6.30. The number of aromatic nitrogens is 1. The summed E-state index contributed by atoms with van der Waals surface area (Å²) in [6.07, 6.45) is -1.39. The number of carbonyl (C=O) groups is 4. The number of hydrogen-bond donors (Lipinski definition) is 3. The summed E-state index contributed by atoms with van der Waals surface area (Å²) in [6.45, 7) is 19.8. The van der Waals surface area contributed by atoms with Crippen LogP contribution in [-0.4, -0.2) is 141 Å². The summed E-state index contributed by atoms with van der Waals surface area (Å²) in [5, 5.41) is 9.34. The third-order valence-corrected chi connectivity index (χ3v) is 12.3. The van der Waals surface area contributed by atoms with E-state index in [1.807, 2.05) is 77.1 Å². The molecule has 4 aromatic rings. The number of anilines is 2. The minimum atomic E-state index is -2.87. The van der Waals surface area contributed by atoms with E-state index >= 15 is 0 Å². The molecule has 3 heterocycles. The molecule has 402 valence electrons. The van der Waals surface area contributed by atoms with Gasteiger partial charge in [-0.3, -0.25) is 9.59 Å². The lowest BCUT2D eigenvalue weighted by molar-refractivity contribution is 0.00684. The van der Waals surface area contributed by atoms with Crippen LogP contribution in [0.4, 0.5) is 25.0 Å². The van der Waals surface area contributed by atoms with Crippen molar-refractivity contribution in [2.45, 2.75) is 104 Å². The van der Waals surface area contributed by atoms with Crippen LogP contribution in [0.3, 0.4) is 0 Å². The zero-order valence-electron chi connectivity index (χ0n) is 43.9. The molecule has 0 unspecified atom stereocenters. The molecule has 0 aliphatic carbocycles. The van der Waals surface area contributed by atoms with Gasteiger partial charge < -0.3 is 54.3 Å². The zero-order chi connectivity index (χ0) is 53.6. The van der Waals surface area contributed by atoms with Crippen molar-refractivity contribution < 1.29 is 51.6 Å². The summed E-state index contributed by atoms with van der Waals surface area (Å²) in [4.78, 5) is 64.3. The maximum Gasteiger partial charge on any atom is 0.407 e.